The number of methoxy groups -OCH3 is 2. The van der Waals surface area contributed by atoms with Crippen LogP contribution in [0.4, 0.5) is 0 Å². The molecule has 1 N–H and O–H groups in total. The zero-order valence-electron chi connectivity index (χ0n) is 17.8. The summed E-state index contributed by atoms with van der Waals surface area (Å²) in [6.07, 6.45) is 3.48. The zero-order valence-corrected chi connectivity index (χ0v) is 17.8. The molecule has 7 nitrogen and oxygen atoms in total. The van der Waals surface area contributed by atoms with Gasteiger partial charge >= 0.3 is 0 Å². The molecule has 5 rings (SSSR count). The number of rotatable bonds is 6. The van der Waals surface area contributed by atoms with E-state index >= 15 is 0 Å². The van der Waals surface area contributed by atoms with Gasteiger partial charge in [0.15, 0.2) is 0 Å². The Balaban J connectivity index is 1.62. The van der Waals surface area contributed by atoms with Crippen molar-refractivity contribution in [1.29, 1.82) is 0 Å². The predicted octanol–water partition coefficient (Wildman–Crippen LogP) is 4.23. The Hall–Kier alpha value is -4.13. The standard InChI is InChI=1S/C25H22N4O3/c1-31-19-7-3-17(4-8-19)22-21-23(28-27-22)25(30)29(15-16-11-13-26-14-12-16)24(21)18-5-9-20(32-2)10-6-18/h3-14,24H,15H2,1-2H3,(H,27,28). The number of nitrogens with one attached hydrogen (secondary N) is 1. The molecule has 0 bridgehead atoms. The highest BCUT2D eigenvalue weighted by Gasteiger charge is 2.42. The molecule has 0 saturated heterocycles. The van der Waals surface area contributed by atoms with E-state index in [-0.39, 0.29) is 11.9 Å². The maximum Gasteiger partial charge on any atom is 0.273 e. The Morgan fingerprint density at radius 2 is 1.53 bits per heavy atom. The summed E-state index contributed by atoms with van der Waals surface area (Å²) < 4.78 is 10.6. The number of aromatic amines is 1. The molecule has 0 radical (unpaired) electrons. The van der Waals surface area contributed by atoms with Crippen molar-refractivity contribution in [2.24, 2.45) is 0 Å². The van der Waals surface area contributed by atoms with Crippen LogP contribution in [0.5, 0.6) is 11.5 Å². The summed E-state index contributed by atoms with van der Waals surface area (Å²) in [4.78, 5) is 19.4. The van der Waals surface area contributed by atoms with E-state index in [1.807, 2.05) is 65.6 Å². The maximum atomic E-state index is 13.4. The second-order valence-electron chi connectivity index (χ2n) is 7.55. The maximum absolute atomic E-state index is 13.4. The molecule has 1 aliphatic heterocycles. The highest BCUT2D eigenvalue weighted by molar-refractivity contribution is 6.00. The number of carbonyl (C=O) groups excluding carboxylic acids is 1. The SMILES string of the molecule is COc1ccc(-c2n[nH]c3c2C(c2ccc(OC)cc2)N(Cc2ccncc2)C3=O)cc1. The highest BCUT2D eigenvalue weighted by atomic mass is 16.5. The topological polar surface area (TPSA) is 80.3 Å². The summed E-state index contributed by atoms with van der Waals surface area (Å²) in [6, 6.07) is 19.1. The smallest absolute Gasteiger partial charge is 0.273 e. The first kappa shape index (κ1) is 19.8. The van der Waals surface area contributed by atoms with Crippen LogP contribution in [0, 0.1) is 0 Å². The Labute approximate surface area is 185 Å². The van der Waals surface area contributed by atoms with Crippen LogP contribution in [0.2, 0.25) is 0 Å². The molecule has 32 heavy (non-hydrogen) atoms. The molecule has 1 amide bonds. The van der Waals surface area contributed by atoms with Gasteiger partial charge in [-0.2, -0.15) is 5.10 Å². The number of hydrogen-bond donors (Lipinski definition) is 1. The molecule has 2 aromatic heterocycles. The number of pyridine rings is 1. The molecule has 2 aromatic carbocycles. The normalized spacial score (nSPS) is 15.0. The number of aromatic nitrogens is 3. The van der Waals surface area contributed by atoms with Crippen LogP contribution in [-0.4, -0.2) is 40.2 Å². The highest BCUT2D eigenvalue weighted by Crippen LogP contribution is 2.43. The van der Waals surface area contributed by atoms with Gasteiger partial charge in [0.25, 0.3) is 5.91 Å². The Kier molecular flexibility index (Phi) is 5.07. The van der Waals surface area contributed by atoms with E-state index in [0.717, 1.165) is 39.4 Å². The van der Waals surface area contributed by atoms with E-state index in [1.54, 1.807) is 26.6 Å². The van der Waals surface area contributed by atoms with Crippen molar-refractivity contribution in [3.63, 3.8) is 0 Å². The van der Waals surface area contributed by atoms with Crippen molar-refractivity contribution in [3.8, 4) is 22.8 Å². The monoisotopic (exact) mass is 426 g/mol. The average Bonchev–Trinajstić information content (AvgIpc) is 3.39. The van der Waals surface area contributed by atoms with Crippen molar-refractivity contribution in [2.45, 2.75) is 12.6 Å². The molecule has 1 atom stereocenters. The largest absolute Gasteiger partial charge is 0.497 e. The van der Waals surface area contributed by atoms with Crippen LogP contribution in [0.3, 0.4) is 0 Å². The summed E-state index contributed by atoms with van der Waals surface area (Å²) in [7, 11) is 3.27. The number of fused-ring (bicyclic) bond motifs is 1. The van der Waals surface area contributed by atoms with Crippen molar-refractivity contribution in [1.82, 2.24) is 20.1 Å². The van der Waals surface area contributed by atoms with Crippen LogP contribution in [0.15, 0.2) is 73.1 Å². The van der Waals surface area contributed by atoms with Gasteiger partial charge < -0.3 is 14.4 Å². The lowest BCUT2D eigenvalue weighted by atomic mass is 9.96. The fraction of sp³-hybridized carbons (Fsp3) is 0.160. The summed E-state index contributed by atoms with van der Waals surface area (Å²) in [5, 5.41) is 7.51. The fourth-order valence-electron chi connectivity index (χ4n) is 4.15. The lowest BCUT2D eigenvalue weighted by Gasteiger charge is -2.26. The van der Waals surface area contributed by atoms with Crippen LogP contribution in [0.1, 0.15) is 33.2 Å². The number of ether oxygens (including phenoxy) is 2. The van der Waals surface area contributed by atoms with Gasteiger partial charge in [-0.3, -0.25) is 14.9 Å². The molecule has 160 valence electrons. The van der Waals surface area contributed by atoms with Crippen LogP contribution < -0.4 is 9.47 Å². The first-order valence-corrected chi connectivity index (χ1v) is 10.3. The molecular formula is C25H22N4O3. The molecule has 0 spiro atoms. The molecule has 0 fully saturated rings. The molecule has 7 heteroatoms. The molecule has 1 unspecified atom stereocenters. The minimum Gasteiger partial charge on any atom is -0.497 e. The number of H-pyrrole nitrogens is 1. The van der Waals surface area contributed by atoms with Gasteiger partial charge in [-0.1, -0.05) is 12.1 Å². The van der Waals surface area contributed by atoms with E-state index < -0.39 is 0 Å². The number of hydrogen-bond acceptors (Lipinski definition) is 5. The van der Waals surface area contributed by atoms with Gasteiger partial charge in [0.05, 0.1) is 26.0 Å². The van der Waals surface area contributed by atoms with Crippen molar-refractivity contribution in [2.75, 3.05) is 14.2 Å². The van der Waals surface area contributed by atoms with Gasteiger partial charge in [-0.05, 0) is 59.7 Å². The minimum absolute atomic E-state index is 0.0788. The summed E-state index contributed by atoms with van der Waals surface area (Å²) in [6.45, 7) is 0.461. The second kappa shape index (κ2) is 8.19. The number of amides is 1. The fourth-order valence-corrected chi connectivity index (χ4v) is 4.15. The molecule has 3 heterocycles. The molecular weight excluding hydrogens is 404 g/mol. The Morgan fingerprint density at radius 1 is 0.906 bits per heavy atom. The molecule has 4 aromatic rings. The molecule has 0 aliphatic carbocycles. The lowest BCUT2D eigenvalue weighted by Crippen LogP contribution is -2.29. The second-order valence-corrected chi connectivity index (χ2v) is 7.55. The van der Waals surface area contributed by atoms with E-state index in [9.17, 15) is 4.79 Å². The number of carbonyl (C=O) groups is 1. The van der Waals surface area contributed by atoms with E-state index in [4.69, 9.17) is 9.47 Å². The van der Waals surface area contributed by atoms with Gasteiger partial charge in [0.1, 0.15) is 17.2 Å². The zero-order chi connectivity index (χ0) is 22.1. The third-order valence-corrected chi connectivity index (χ3v) is 5.76. The molecule has 1 aliphatic rings. The van der Waals surface area contributed by atoms with Crippen LogP contribution >= 0.6 is 0 Å². The summed E-state index contributed by atoms with van der Waals surface area (Å²) in [5.41, 5.74) is 5.07. The van der Waals surface area contributed by atoms with E-state index in [0.29, 0.717) is 12.2 Å². The minimum atomic E-state index is -0.285. The molecule has 0 saturated carbocycles. The van der Waals surface area contributed by atoms with E-state index in [1.165, 1.54) is 0 Å². The third kappa shape index (κ3) is 3.37. The summed E-state index contributed by atoms with van der Waals surface area (Å²) in [5.74, 6) is 1.45. The van der Waals surface area contributed by atoms with Gasteiger partial charge in [0.2, 0.25) is 0 Å². The third-order valence-electron chi connectivity index (χ3n) is 5.76. The van der Waals surface area contributed by atoms with Gasteiger partial charge in [-0.25, -0.2) is 0 Å². The number of nitrogens with zero attached hydrogens (tertiary/aromatic N) is 3. The van der Waals surface area contributed by atoms with Gasteiger partial charge in [-0.15, -0.1) is 0 Å². The predicted molar refractivity (Wildman–Crippen MR) is 120 cm³/mol. The van der Waals surface area contributed by atoms with Crippen molar-refractivity contribution >= 4 is 5.91 Å². The Morgan fingerprint density at radius 3 is 2.16 bits per heavy atom. The van der Waals surface area contributed by atoms with Crippen molar-refractivity contribution in [3.05, 3.63) is 95.4 Å². The Bertz CT molecular complexity index is 1230. The van der Waals surface area contributed by atoms with Crippen molar-refractivity contribution < 1.29 is 14.3 Å². The van der Waals surface area contributed by atoms with Crippen LogP contribution in [0.25, 0.3) is 11.3 Å². The van der Waals surface area contributed by atoms with Crippen LogP contribution in [-0.2, 0) is 6.54 Å². The number of benzene rings is 2. The average molecular weight is 426 g/mol. The van der Waals surface area contributed by atoms with E-state index in [2.05, 4.69) is 15.2 Å². The van der Waals surface area contributed by atoms with Gasteiger partial charge in [0, 0.05) is 30.1 Å². The first-order chi connectivity index (χ1) is 15.7. The summed E-state index contributed by atoms with van der Waals surface area (Å²) >= 11 is 0. The first-order valence-electron chi connectivity index (χ1n) is 10.3. The lowest BCUT2D eigenvalue weighted by molar-refractivity contribution is 0.0730. The quantitative estimate of drug-likeness (QED) is 0.499.